The lowest BCUT2D eigenvalue weighted by atomic mass is 10.0. The van der Waals surface area contributed by atoms with E-state index in [4.69, 9.17) is 0 Å². The maximum Gasteiger partial charge on any atom is 0.0211 e. The summed E-state index contributed by atoms with van der Waals surface area (Å²) in [6.07, 6.45) is 2.88. The Morgan fingerprint density at radius 3 is 2.72 bits per heavy atom. The lowest BCUT2D eigenvalue weighted by Crippen LogP contribution is -2.21. The normalized spacial score (nSPS) is 16.9. The molecule has 1 saturated carbocycles. The summed E-state index contributed by atoms with van der Waals surface area (Å²) in [6, 6.07) is 15.2. The Labute approximate surface area is 109 Å². The second kappa shape index (κ2) is 5.11. The molecule has 1 aliphatic rings. The lowest BCUT2D eigenvalue weighted by molar-refractivity contribution is 0.462. The maximum atomic E-state index is 3.61. The highest BCUT2D eigenvalue weighted by Gasteiger charge is 2.27. The van der Waals surface area contributed by atoms with Gasteiger partial charge >= 0.3 is 0 Å². The molecule has 1 unspecified atom stereocenters. The first-order chi connectivity index (χ1) is 8.84. The number of fused-ring (bicyclic) bond motifs is 1. The van der Waals surface area contributed by atoms with E-state index in [1.807, 2.05) is 0 Å². The van der Waals surface area contributed by atoms with Crippen LogP contribution in [0.5, 0.6) is 0 Å². The first-order valence-electron chi connectivity index (χ1n) is 7.02. The van der Waals surface area contributed by atoms with Crippen molar-refractivity contribution in [1.29, 1.82) is 0 Å². The molecule has 0 heterocycles. The summed E-state index contributed by atoms with van der Waals surface area (Å²) in [5.41, 5.74) is 1.41. The Morgan fingerprint density at radius 1 is 1.11 bits per heavy atom. The van der Waals surface area contributed by atoms with Gasteiger partial charge in [-0.25, -0.2) is 0 Å². The minimum Gasteiger partial charge on any atom is -0.312 e. The molecule has 2 aromatic carbocycles. The predicted molar refractivity (Wildman–Crippen MR) is 77.5 cm³/mol. The summed E-state index contributed by atoms with van der Waals surface area (Å²) in [5.74, 6) is 1.82. The molecule has 2 aromatic rings. The maximum absolute atomic E-state index is 3.61. The van der Waals surface area contributed by atoms with Crippen LogP contribution in [0.4, 0.5) is 0 Å². The molecule has 18 heavy (non-hydrogen) atoms. The van der Waals surface area contributed by atoms with Crippen LogP contribution in [0.3, 0.4) is 0 Å². The minimum atomic E-state index is 0.833. The zero-order chi connectivity index (χ0) is 12.4. The van der Waals surface area contributed by atoms with E-state index in [9.17, 15) is 0 Å². The molecule has 1 nitrogen and oxygen atoms in total. The Balaban J connectivity index is 1.66. The summed E-state index contributed by atoms with van der Waals surface area (Å²) in [7, 11) is 0. The molecule has 94 valence electrons. The zero-order valence-electron chi connectivity index (χ0n) is 11.0. The number of nitrogens with one attached hydrogen (secondary N) is 1. The molecule has 0 radical (unpaired) electrons. The van der Waals surface area contributed by atoms with Crippen LogP contribution in [0.1, 0.15) is 25.3 Å². The van der Waals surface area contributed by atoms with E-state index in [-0.39, 0.29) is 0 Å². The lowest BCUT2D eigenvalue weighted by Gasteiger charge is -2.12. The molecule has 1 fully saturated rings. The zero-order valence-corrected chi connectivity index (χ0v) is 11.0. The molecule has 1 N–H and O–H groups in total. The van der Waals surface area contributed by atoms with Crippen molar-refractivity contribution in [2.75, 3.05) is 6.54 Å². The summed E-state index contributed by atoms with van der Waals surface area (Å²) < 4.78 is 0. The van der Waals surface area contributed by atoms with Gasteiger partial charge in [0.25, 0.3) is 0 Å². The van der Waals surface area contributed by atoms with E-state index >= 15 is 0 Å². The highest BCUT2D eigenvalue weighted by Crippen LogP contribution is 2.36. The van der Waals surface area contributed by atoms with Crippen molar-refractivity contribution >= 4 is 10.8 Å². The van der Waals surface area contributed by atoms with Gasteiger partial charge < -0.3 is 5.32 Å². The molecule has 0 saturated heterocycles. The summed E-state index contributed by atoms with van der Waals surface area (Å²) in [5, 5.41) is 6.34. The Kier molecular flexibility index (Phi) is 3.33. The second-order valence-corrected chi connectivity index (χ2v) is 5.58. The van der Waals surface area contributed by atoms with E-state index in [0.29, 0.717) is 0 Å². The molecule has 0 aromatic heterocycles. The molecular weight excluding hydrogens is 218 g/mol. The quantitative estimate of drug-likeness (QED) is 0.832. The first-order valence-corrected chi connectivity index (χ1v) is 7.02. The second-order valence-electron chi connectivity index (χ2n) is 5.58. The molecule has 1 aliphatic carbocycles. The van der Waals surface area contributed by atoms with Crippen molar-refractivity contribution in [3.8, 4) is 0 Å². The summed E-state index contributed by atoms with van der Waals surface area (Å²) >= 11 is 0. The fraction of sp³-hybridized carbons (Fsp3) is 0.412. The van der Waals surface area contributed by atoms with Crippen molar-refractivity contribution in [3.05, 3.63) is 48.0 Å². The van der Waals surface area contributed by atoms with Gasteiger partial charge in [0.1, 0.15) is 0 Å². The first kappa shape index (κ1) is 11.7. The standard InChI is InChI=1S/C17H21N/c1-13(14-9-10-14)11-18-12-16-7-4-6-15-5-2-3-8-17(15)16/h2-8,13-14,18H,9-12H2,1H3. The third-order valence-electron chi connectivity index (χ3n) is 4.09. The van der Waals surface area contributed by atoms with Gasteiger partial charge in [0.2, 0.25) is 0 Å². The molecule has 1 atom stereocenters. The molecular formula is C17H21N. The number of benzene rings is 2. The highest BCUT2D eigenvalue weighted by molar-refractivity contribution is 5.85. The van der Waals surface area contributed by atoms with Gasteiger partial charge in [-0.05, 0) is 47.6 Å². The van der Waals surface area contributed by atoms with Gasteiger partial charge in [-0.15, -0.1) is 0 Å². The van der Waals surface area contributed by atoms with E-state index in [1.54, 1.807) is 0 Å². The average Bonchev–Trinajstić information content (AvgIpc) is 3.23. The molecule has 3 rings (SSSR count). The van der Waals surface area contributed by atoms with Crippen molar-refractivity contribution in [2.45, 2.75) is 26.3 Å². The van der Waals surface area contributed by atoms with E-state index in [0.717, 1.165) is 24.9 Å². The fourth-order valence-electron chi connectivity index (χ4n) is 2.71. The largest absolute Gasteiger partial charge is 0.312 e. The molecule has 0 amide bonds. The molecule has 1 heteroatoms. The Hall–Kier alpha value is -1.34. The van der Waals surface area contributed by atoms with Crippen LogP contribution >= 0.6 is 0 Å². The molecule has 0 spiro atoms. The number of rotatable bonds is 5. The van der Waals surface area contributed by atoms with Crippen molar-refractivity contribution in [3.63, 3.8) is 0 Å². The van der Waals surface area contributed by atoms with Gasteiger partial charge in [0.15, 0.2) is 0 Å². The van der Waals surface area contributed by atoms with Crippen LogP contribution in [0.25, 0.3) is 10.8 Å². The van der Waals surface area contributed by atoms with Gasteiger partial charge in [-0.1, -0.05) is 49.4 Å². The minimum absolute atomic E-state index is 0.833. The third kappa shape index (κ3) is 2.56. The monoisotopic (exact) mass is 239 g/mol. The molecule has 0 bridgehead atoms. The van der Waals surface area contributed by atoms with Crippen LogP contribution in [-0.4, -0.2) is 6.54 Å². The van der Waals surface area contributed by atoms with Gasteiger partial charge in [0.05, 0.1) is 0 Å². The highest BCUT2D eigenvalue weighted by atomic mass is 14.9. The summed E-state index contributed by atoms with van der Waals surface area (Å²) in [4.78, 5) is 0. The van der Waals surface area contributed by atoms with E-state index in [2.05, 4.69) is 54.7 Å². The number of hydrogen-bond acceptors (Lipinski definition) is 1. The van der Waals surface area contributed by atoms with Crippen molar-refractivity contribution in [1.82, 2.24) is 5.32 Å². The van der Waals surface area contributed by atoms with Crippen LogP contribution < -0.4 is 5.32 Å². The van der Waals surface area contributed by atoms with Gasteiger partial charge in [-0.2, -0.15) is 0 Å². The number of hydrogen-bond donors (Lipinski definition) is 1. The van der Waals surface area contributed by atoms with E-state index < -0.39 is 0 Å². The SMILES string of the molecule is CC(CNCc1cccc2ccccc12)C1CC1. The van der Waals surface area contributed by atoms with Crippen LogP contribution in [-0.2, 0) is 6.54 Å². The van der Waals surface area contributed by atoms with Crippen LogP contribution in [0.15, 0.2) is 42.5 Å². The van der Waals surface area contributed by atoms with Crippen LogP contribution in [0.2, 0.25) is 0 Å². The topological polar surface area (TPSA) is 12.0 Å². The van der Waals surface area contributed by atoms with Crippen LogP contribution in [0, 0.1) is 11.8 Å². The average molecular weight is 239 g/mol. The fourth-order valence-corrected chi connectivity index (χ4v) is 2.71. The van der Waals surface area contributed by atoms with E-state index in [1.165, 1.54) is 29.2 Å². The predicted octanol–water partition coefficient (Wildman–Crippen LogP) is 3.98. The van der Waals surface area contributed by atoms with Gasteiger partial charge in [0, 0.05) is 6.54 Å². The Morgan fingerprint density at radius 2 is 1.89 bits per heavy atom. The van der Waals surface area contributed by atoms with Gasteiger partial charge in [-0.3, -0.25) is 0 Å². The smallest absolute Gasteiger partial charge is 0.0211 e. The Bertz CT molecular complexity index is 523. The third-order valence-corrected chi connectivity index (χ3v) is 4.09. The van der Waals surface area contributed by atoms with Crippen molar-refractivity contribution in [2.24, 2.45) is 11.8 Å². The van der Waals surface area contributed by atoms with Crippen molar-refractivity contribution < 1.29 is 0 Å². The molecule has 0 aliphatic heterocycles. The summed E-state index contributed by atoms with van der Waals surface area (Å²) in [6.45, 7) is 4.50.